The number of carbonyl (C=O) groups is 2. The number of rotatable bonds is 3. The number of carbonyl (C=O) groups excluding carboxylic acids is 1. The first kappa shape index (κ1) is 16.8. The third-order valence-corrected chi connectivity index (χ3v) is 4.48. The van der Waals surface area contributed by atoms with Gasteiger partial charge in [-0.15, -0.1) is 0 Å². The molecule has 1 aliphatic heterocycles. The molecule has 0 saturated carbocycles. The molecule has 1 aliphatic rings. The molecule has 6 heteroatoms. The van der Waals surface area contributed by atoms with E-state index in [0.29, 0.717) is 13.0 Å². The lowest BCUT2D eigenvalue weighted by molar-refractivity contribution is -0.143. The summed E-state index contributed by atoms with van der Waals surface area (Å²) in [6, 6.07) is 7.43. The van der Waals surface area contributed by atoms with Crippen LogP contribution < -0.4 is 5.32 Å². The van der Waals surface area contributed by atoms with E-state index in [1.54, 1.807) is 4.90 Å². The van der Waals surface area contributed by atoms with Crippen molar-refractivity contribution in [2.75, 3.05) is 13.1 Å². The minimum Gasteiger partial charge on any atom is -0.481 e. The highest BCUT2D eigenvalue weighted by molar-refractivity contribution is 9.10. The van der Waals surface area contributed by atoms with Gasteiger partial charge in [-0.05, 0) is 37.0 Å². The van der Waals surface area contributed by atoms with Crippen molar-refractivity contribution in [3.05, 3.63) is 34.3 Å². The summed E-state index contributed by atoms with van der Waals surface area (Å²) in [4.78, 5) is 25.2. The van der Waals surface area contributed by atoms with Crippen LogP contribution in [0.4, 0.5) is 4.79 Å². The van der Waals surface area contributed by atoms with Crippen molar-refractivity contribution in [3.8, 4) is 0 Å². The maximum Gasteiger partial charge on any atom is 0.317 e. The van der Waals surface area contributed by atoms with Crippen LogP contribution in [0, 0.1) is 11.8 Å². The van der Waals surface area contributed by atoms with Crippen LogP contribution in [0.15, 0.2) is 28.7 Å². The van der Waals surface area contributed by atoms with Crippen molar-refractivity contribution >= 4 is 27.9 Å². The Kier molecular flexibility index (Phi) is 5.45. The number of hydrogen-bond acceptors (Lipinski definition) is 2. The highest BCUT2D eigenvalue weighted by Gasteiger charge is 2.32. The smallest absolute Gasteiger partial charge is 0.317 e. The number of halogens is 1. The fourth-order valence-electron chi connectivity index (χ4n) is 2.83. The Balaban J connectivity index is 2.00. The standard InChI is InChI=1S/C16H21BrN2O3/c1-10-6-13(15(20)21)9-19(8-10)16(22)18-11(2)12-4-3-5-14(17)7-12/h3-5,7,10-11,13H,6,8-9H2,1-2H3,(H,18,22)(H,20,21). The molecular formula is C16H21BrN2O3. The molecule has 0 spiro atoms. The molecule has 1 saturated heterocycles. The molecule has 22 heavy (non-hydrogen) atoms. The Morgan fingerprint density at radius 1 is 1.41 bits per heavy atom. The van der Waals surface area contributed by atoms with E-state index in [-0.39, 0.29) is 24.5 Å². The van der Waals surface area contributed by atoms with Crippen LogP contribution in [-0.2, 0) is 4.79 Å². The first-order chi connectivity index (χ1) is 10.4. The quantitative estimate of drug-likeness (QED) is 0.859. The van der Waals surface area contributed by atoms with E-state index in [4.69, 9.17) is 0 Å². The molecule has 1 fully saturated rings. The number of hydrogen-bond donors (Lipinski definition) is 2. The van der Waals surface area contributed by atoms with E-state index in [9.17, 15) is 14.7 Å². The Labute approximate surface area is 138 Å². The van der Waals surface area contributed by atoms with Crippen molar-refractivity contribution in [3.63, 3.8) is 0 Å². The number of nitrogens with one attached hydrogen (secondary N) is 1. The zero-order valence-corrected chi connectivity index (χ0v) is 14.3. The summed E-state index contributed by atoms with van der Waals surface area (Å²) >= 11 is 3.42. The van der Waals surface area contributed by atoms with Gasteiger partial charge in [0.2, 0.25) is 0 Å². The number of aliphatic carboxylic acids is 1. The molecule has 0 aromatic heterocycles. The topological polar surface area (TPSA) is 69.6 Å². The van der Waals surface area contributed by atoms with Gasteiger partial charge < -0.3 is 15.3 Å². The van der Waals surface area contributed by atoms with Crippen LogP contribution in [0.25, 0.3) is 0 Å². The van der Waals surface area contributed by atoms with Gasteiger partial charge in [0, 0.05) is 17.6 Å². The van der Waals surface area contributed by atoms with Gasteiger partial charge in [0.1, 0.15) is 0 Å². The molecule has 120 valence electrons. The van der Waals surface area contributed by atoms with Gasteiger partial charge in [-0.2, -0.15) is 0 Å². The number of urea groups is 1. The molecule has 2 N–H and O–H groups in total. The maximum atomic E-state index is 12.4. The van der Waals surface area contributed by atoms with Crippen LogP contribution in [0.5, 0.6) is 0 Å². The number of amides is 2. The Bertz CT molecular complexity index is 564. The lowest BCUT2D eigenvalue weighted by Crippen LogP contribution is -2.49. The molecule has 3 atom stereocenters. The van der Waals surface area contributed by atoms with Crippen LogP contribution in [0.2, 0.25) is 0 Å². The Morgan fingerprint density at radius 2 is 2.14 bits per heavy atom. The van der Waals surface area contributed by atoms with Gasteiger partial charge in [-0.25, -0.2) is 4.79 Å². The first-order valence-corrected chi connectivity index (χ1v) is 8.19. The normalized spacial score (nSPS) is 23.0. The molecule has 2 rings (SSSR count). The van der Waals surface area contributed by atoms with E-state index in [1.165, 1.54) is 0 Å². The average molecular weight is 369 g/mol. The summed E-state index contributed by atoms with van der Waals surface area (Å²) in [6.45, 7) is 4.77. The third-order valence-electron chi connectivity index (χ3n) is 3.98. The number of carboxylic acid groups (broad SMARTS) is 1. The summed E-state index contributed by atoms with van der Waals surface area (Å²) in [7, 11) is 0. The summed E-state index contributed by atoms with van der Waals surface area (Å²) in [5.74, 6) is -1.11. The molecule has 1 aromatic rings. The first-order valence-electron chi connectivity index (χ1n) is 7.40. The SMILES string of the molecule is CC1CC(C(=O)O)CN(C(=O)NC(C)c2cccc(Br)c2)C1. The molecule has 0 radical (unpaired) electrons. The number of piperidine rings is 1. The van der Waals surface area contributed by atoms with E-state index in [1.807, 2.05) is 38.1 Å². The average Bonchev–Trinajstić information content (AvgIpc) is 2.46. The highest BCUT2D eigenvalue weighted by atomic mass is 79.9. The van der Waals surface area contributed by atoms with Gasteiger partial charge >= 0.3 is 12.0 Å². The minimum atomic E-state index is -0.829. The van der Waals surface area contributed by atoms with Crippen LogP contribution in [0.1, 0.15) is 31.9 Å². The highest BCUT2D eigenvalue weighted by Crippen LogP contribution is 2.23. The summed E-state index contributed by atoms with van der Waals surface area (Å²) in [5, 5.41) is 12.1. The zero-order valence-electron chi connectivity index (χ0n) is 12.8. The molecule has 3 unspecified atom stereocenters. The molecule has 2 amide bonds. The Morgan fingerprint density at radius 3 is 2.77 bits per heavy atom. The molecule has 5 nitrogen and oxygen atoms in total. The lowest BCUT2D eigenvalue weighted by atomic mass is 9.91. The second-order valence-electron chi connectivity index (χ2n) is 6.01. The third kappa shape index (κ3) is 4.22. The van der Waals surface area contributed by atoms with Crippen molar-refractivity contribution in [1.29, 1.82) is 0 Å². The second-order valence-corrected chi connectivity index (χ2v) is 6.92. The van der Waals surface area contributed by atoms with Crippen molar-refractivity contribution in [2.45, 2.75) is 26.3 Å². The van der Waals surface area contributed by atoms with Crippen molar-refractivity contribution < 1.29 is 14.7 Å². The van der Waals surface area contributed by atoms with E-state index >= 15 is 0 Å². The lowest BCUT2D eigenvalue weighted by Gasteiger charge is -2.35. The van der Waals surface area contributed by atoms with E-state index < -0.39 is 11.9 Å². The molecule has 1 heterocycles. The van der Waals surface area contributed by atoms with E-state index in [0.717, 1.165) is 10.0 Å². The maximum absolute atomic E-state index is 12.4. The number of benzene rings is 1. The van der Waals surface area contributed by atoms with Gasteiger partial charge in [-0.1, -0.05) is 35.0 Å². The zero-order chi connectivity index (χ0) is 16.3. The predicted molar refractivity (Wildman–Crippen MR) is 87.6 cm³/mol. The number of nitrogens with zero attached hydrogens (tertiary/aromatic N) is 1. The van der Waals surface area contributed by atoms with Crippen LogP contribution in [0.3, 0.4) is 0 Å². The molecule has 0 aliphatic carbocycles. The van der Waals surface area contributed by atoms with Gasteiger partial charge in [0.15, 0.2) is 0 Å². The fraction of sp³-hybridized carbons (Fsp3) is 0.500. The monoisotopic (exact) mass is 368 g/mol. The molecule has 0 bridgehead atoms. The van der Waals surface area contributed by atoms with Crippen molar-refractivity contribution in [1.82, 2.24) is 10.2 Å². The number of likely N-dealkylation sites (tertiary alicyclic amines) is 1. The summed E-state index contributed by atoms with van der Waals surface area (Å²) < 4.78 is 0.962. The second kappa shape index (κ2) is 7.13. The minimum absolute atomic E-state index is 0.134. The van der Waals surface area contributed by atoms with Gasteiger partial charge in [0.05, 0.1) is 12.0 Å². The predicted octanol–water partition coefficient (Wildman–Crippen LogP) is 3.26. The summed E-state index contributed by atoms with van der Waals surface area (Å²) in [6.07, 6.45) is 0.625. The van der Waals surface area contributed by atoms with Gasteiger partial charge in [-0.3, -0.25) is 4.79 Å². The largest absolute Gasteiger partial charge is 0.481 e. The van der Waals surface area contributed by atoms with Crippen molar-refractivity contribution in [2.24, 2.45) is 11.8 Å². The van der Waals surface area contributed by atoms with Crippen LogP contribution >= 0.6 is 15.9 Å². The van der Waals surface area contributed by atoms with Crippen LogP contribution in [-0.4, -0.2) is 35.1 Å². The molecular weight excluding hydrogens is 348 g/mol. The summed E-state index contributed by atoms with van der Waals surface area (Å²) in [5.41, 5.74) is 1.00. The van der Waals surface area contributed by atoms with Gasteiger partial charge in [0.25, 0.3) is 0 Å². The Hall–Kier alpha value is -1.56. The molecule has 1 aromatic carbocycles. The number of carboxylic acids is 1. The van der Waals surface area contributed by atoms with E-state index in [2.05, 4.69) is 21.2 Å². The fourth-order valence-corrected chi connectivity index (χ4v) is 3.25.